The Kier molecular flexibility index (Phi) is 5.11. The van der Waals surface area contributed by atoms with Gasteiger partial charge < -0.3 is 5.32 Å². The monoisotopic (exact) mass is 346 g/mol. The molecule has 2 aromatic rings. The number of carbonyl (C=O) groups is 1. The Hall–Kier alpha value is -2.18. The first-order valence-corrected chi connectivity index (χ1v) is 9.08. The van der Waals surface area contributed by atoms with E-state index < -0.39 is 15.6 Å². The number of benzene rings is 2. The maximum absolute atomic E-state index is 12.3. The molecule has 24 heavy (non-hydrogen) atoms. The zero-order chi connectivity index (χ0) is 18.0. The van der Waals surface area contributed by atoms with Gasteiger partial charge in [0.2, 0.25) is 10.0 Å². The molecule has 0 unspecified atom stereocenters. The van der Waals surface area contributed by atoms with Gasteiger partial charge in [-0.25, -0.2) is 13.1 Å². The van der Waals surface area contributed by atoms with Crippen molar-refractivity contribution in [2.24, 2.45) is 0 Å². The second kappa shape index (κ2) is 6.75. The van der Waals surface area contributed by atoms with E-state index in [9.17, 15) is 13.2 Å². The Morgan fingerprint density at radius 3 is 2.08 bits per heavy atom. The van der Waals surface area contributed by atoms with Gasteiger partial charge in [-0.05, 0) is 63.6 Å². The summed E-state index contributed by atoms with van der Waals surface area (Å²) in [6, 6.07) is 13.3. The lowest BCUT2D eigenvalue weighted by atomic mass is 10.1. The van der Waals surface area contributed by atoms with E-state index in [4.69, 9.17) is 0 Å². The fraction of sp³-hybridized carbons (Fsp3) is 0.278. The first kappa shape index (κ1) is 18.2. The molecule has 2 N–H and O–H groups in total. The van der Waals surface area contributed by atoms with Crippen molar-refractivity contribution in [3.8, 4) is 0 Å². The van der Waals surface area contributed by atoms with E-state index in [0.717, 1.165) is 11.3 Å². The third kappa shape index (κ3) is 4.66. The van der Waals surface area contributed by atoms with Crippen LogP contribution in [0.3, 0.4) is 0 Å². The molecule has 6 heteroatoms. The largest absolute Gasteiger partial charge is 0.322 e. The van der Waals surface area contributed by atoms with Gasteiger partial charge in [-0.3, -0.25) is 4.79 Å². The lowest BCUT2D eigenvalue weighted by Gasteiger charge is -2.20. The van der Waals surface area contributed by atoms with E-state index in [1.807, 2.05) is 31.2 Å². The van der Waals surface area contributed by atoms with Crippen LogP contribution in [0.1, 0.15) is 36.7 Å². The van der Waals surface area contributed by atoms with Crippen LogP contribution in [0.4, 0.5) is 5.69 Å². The van der Waals surface area contributed by atoms with Crippen molar-refractivity contribution >= 4 is 21.6 Å². The SMILES string of the molecule is Cc1ccccc1NC(=O)c1ccc(S(=O)(=O)NC(C)(C)C)cc1. The normalized spacial score (nSPS) is 12.0. The van der Waals surface area contributed by atoms with Crippen molar-refractivity contribution < 1.29 is 13.2 Å². The number of rotatable bonds is 4. The summed E-state index contributed by atoms with van der Waals surface area (Å²) in [4.78, 5) is 12.4. The first-order chi connectivity index (χ1) is 11.1. The molecule has 2 aromatic carbocycles. The van der Waals surface area contributed by atoms with Crippen molar-refractivity contribution in [3.63, 3.8) is 0 Å². The molecule has 0 fully saturated rings. The molecule has 0 atom stereocenters. The highest BCUT2D eigenvalue weighted by atomic mass is 32.2. The predicted molar refractivity (Wildman–Crippen MR) is 95.6 cm³/mol. The van der Waals surface area contributed by atoms with Gasteiger partial charge in [0.1, 0.15) is 0 Å². The lowest BCUT2D eigenvalue weighted by Crippen LogP contribution is -2.40. The summed E-state index contributed by atoms with van der Waals surface area (Å²) in [5.41, 5.74) is 1.51. The van der Waals surface area contributed by atoms with E-state index in [1.54, 1.807) is 20.8 Å². The highest BCUT2D eigenvalue weighted by Crippen LogP contribution is 2.17. The van der Waals surface area contributed by atoms with E-state index in [1.165, 1.54) is 24.3 Å². The van der Waals surface area contributed by atoms with Crippen LogP contribution >= 0.6 is 0 Å². The quantitative estimate of drug-likeness (QED) is 0.892. The van der Waals surface area contributed by atoms with Crippen molar-refractivity contribution in [3.05, 3.63) is 59.7 Å². The zero-order valence-corrected chi connectivity index (χ0v) is 15.1. The third-order valence-corrected chi connectivity index (χ3v) is 5.03. The molecule has 0 aliphatic heterocycles. The van der Waals surface area contributed by atoms with Crippen molar-refractivity contribution in [1.82, 2.24) is 4.72 Å². The standard InChI is InChI=1S/C18H22N2O3S/c1-13-7-5-6-8-16(13)19-17(21)14-9-11-15(12-10-14)24(22,23)20-18(2,3)4/h5-12,20H,1-4H3,(H,19,21). The number of nitrogens with one attached hydrogen (secondary N) is 2. The molecule has 1 amide bonds. The van der Waals surface area contributed by atoms with Crippen LogP contribution in [0.25, 0.3) is 0 Å². The van der Waals surface area contributed by atoms with Gasteiger partial charge in [0.15, 0.2) is 0 Å². The van der Waals surface area contributed by atoms with Crippen LogP contribution in [-0.2, 0) is 10.0 Å². The summed E-state index contributed by atoms with van der Waals surface area (Å²) in [5.74, 6) is -0.281. The molecule has 0 saturated carbocycles. The molecule has 0 heterocycles. The fourth-order valence-electron chi connectivity index (χ4n) is 2.16. The first-order valence-electron chi connectivity index (χ1n) is 7.59. The Labute approximate surface area is 143 Å². The summed E-state index contributed by atoms with van der Waals surface area (Å²) in [7, 11) is -3.61. The van der Waals surface area contributed by atoms with E-state index in [-0.39, 0.29) is 10.8 Å². The van der Waals surface area contributed by atoms with Gasteiger partial charge in [-0.1, -0.05) is 18.2 Å². The molecule has 0 radical (unpaired) electrons. The van der Waals surface area contributed by atoms with Gasteiger partial charge in [0, 0.05) is 16.8 Å². The second-order valence-electron chi connectivity index (χ2n) is 6.65. The molecule has 0 bridgehead atoms. The van der Waals surface area contributed by atoms with Crippen LogP contribution in [0.5, 0.6) is 0 Å². The second-order valence-corrected chi connectivity index (χ2v) is 8.33. The summed E-state index contributed by atoms with van der Waals surface area (Å²) >= 11 is 0. The van der Waals surface area contributed by atoms with Gasteiger partial charge >= 0.3 is 0 Å². The van der Waals surface area contributed by atoms with Crippen LogP contribution in [0, 0.1) is 6.92 Å². The molecule has 5 nitrogen and oxygen atoms in total. The molecule has 0 spiro atoms. The highest BCUT2D eigenvalue weighted by Gasteiger charge is 2.22. The number of amides is 1. The minimum absolute atomic E-state index is 0.130. The third-order valence-electron chi connectivity index (χ3n) is 3.26. The highest BCUT2D eigenvalue weighted by molar-refractivity contribution is 7.89. The predicted octanol–water partition coefficient (Wildman–Crippen LogP) is 3.32. The van der Waals surface area contributed by atoms with E-state index in [2.05, 4.69) is 10.0 Å². The number of carbonyl (C=O) groups excluding carboxylic acids is 1. The number of aryl methyl sites for hydroxylation is 1. The van der Waals surface area contributed by atoms with Gasteiger partial charge in [-0.2, -0.15) is 0 Å². The van der Waals surface area contributed by atoms with Crippen molar-refractivity contribution in [2.75, 3.05) is 5.32 Å². The fourth-order valence-corrected chi connectivity index (χ4v) is 3.57. The van der Waals surface area contributed by atoms with Crippen LogP contribution in [-0.4, -0.2) is 19.9 Å². The molecular weight excluding hydrogens is 324 g/mol. The average Bonchev–Trinajstić information content (AvgIpc) is 2.47. The maximum Gasteiger partial charge on any atom is 0.255 e. The smallest absolute Gasteiger partial charge is 0.255 e. The van der Waals surface area contributed by atoms with Crippen molar-refractivity contribution in [2.45, 2.75) is 38.1 Å². The van der Waals surface area contributed by atoms with Gasteiger partial charge in [-0.15, -0.1) is 0 Å². The number of para-hydroxylation sites is 1. The number of sulfonamides is 1. The topological polar surface area (TPSA) is 75.3 Å². The molecule has 0 saturated heterocycles. The summed E-state index contributed by atoms with van der Waals surface area (Å²) in [6.07, 6.45) is 0. The minimum atomic E-state index is -3.61. The number of hydrogen-bond acceptors (Lipinski definition) is 3. The molecule has 0 aromatic heterocycles. The van der Waals surface area contributed by atoms with Crippen molar-refractivity contribution in [1.29, 1.82) is 0 Å². The summed E-state index contributed by atoms with van der Waals surface area (Å²) < 4.78 is 27.1. The number of hydrogen-bond donors (Lipinski definition) is 2. The van der Waals surface area contributed by atoms with E-state index in [0.29, 0.717) is 5.56 Å². The summed E-state index contributed by atoms with van der Waals surface area (Å²) in [5, 5.41) is 2.82. The Bertz CT molecular complexity index is 835. The molecule has 0 aliphatic carbocycles. The Morgan fingerprint density at radius 2 is 1.54 bits per heavy atom. The Balaban J connectivity index is 2.17. The van der Waals surface area contributed by atoms with Crippen LogP contribution in [0.15, 0.2) is 53.4 Å². The minimum Gasteiger partial charge on any atom is -0.322 e. The zero-order valence-electron chi connectivity index (χ0n) is 14.3. The number of anilines is 1. The molecular formula is C18H22N2O3S. The van der Waals surface area contributed by atoms with E-state index >= 15 is 0 Å². The van der Waals surface area contributed by atoms with Gasteiger partial charge in [0.05, 0.1) is 4.90 Å². The molecule has 0 aliphatic rings. The van der Waals surface area contributed by atoms with Gasteiger partial charge in [0.25, 0.3) is 5.91 Å². The van der Waals surface area contributed by atoms with Crippen LogP contribution < -0.4 is 10.0 Å². The molecule has 128 valence electrons. The lowest BCUT2D eigenvalue weighted by molar-refractivity contribution is 0.102. The molecule has 2 rings (SSSR count). The average molecular weight is 346 g/mol. The van der Waals surface area contributed by atoms with Crippen LogP contribution in [0.2, 0.25) is 0 Å². The summed E-state index contributed by atoms with van der Waals surface area (Å²) in [6.45, 7) is 7.22. The maximum atomic E-state index is 12.3. The Morgan fingerprint density at radius 1 is 0.958 bits per heavy atom.